The lowest BCUT2D eigenvalue weighted by Gasteiger charge is -2.07. The Bertz CT molecular complexity index is 656. The lowest BCUT2D eigenvalue weighted by Crippen LogP contribution is -2.14. The Morgan fingerprint density at radius 1 is 1.10 bits per heavy atom. The Hall–Kier alpha value is -1.78. The van der Waals surface area contributed by atoms with Gasteiger partial charge in [0.25, 0.3) is 0 Å². The molecule has 5 heteroatoms. The minimum atomic E-state index is -0.122. The average Bonchev–Trinajstić information content (AvgIpc) is 2.48. The third-order valence-electron chi connectivity index (χ3n) is 2.78. The molecule has 0 saturated heterocycles. The molecule has 108 valence electrons. The van der Waals surface area contributed by atoms with E-state index in [4.69, 9.17) is 11.6 Å². The molecule has 0 unspecified atom stereocenters. The molecule has 0 aliphatic carbocycles. The van der Waals surface area contributed by atoms with Gasteiger partial charge in [-0.05, 0) is 31.2 Å². The highest BCUT2D eigenvalue weighted by Crippen LogP contribution is 2.22. The summed E-state index contributed by atoms with van der Waals surface area (Å²) >= 11 is 7.39. The van der Waals surface area contributed by atoms with Crippen LogP contribution < -0.4 is 5.32 Å². The highest BCUT2D eigenvalue weighted by molar-refractivity contribution is 8.00. The largest absolute Gasteiger partial charge is 0.324 e. The van der Waals surface area contributed by atoms with Crippen LogP contribution in [0.25, 0.3) is 0 Å². The zero-order valence-corrected chi connectivity index (χ0v) is 13.0. The van der Waals surface area contributed by atoms with E-state index in [1.54, 1.807) is 24.3 Å². The van der Waals surface area contributed by atoms with Gasteiger partial charge in [0, 0.05) is 10.5 Å². The highest BCUT2D eigenvalue weighted by Gasteiger charge is 2.06. The number of Topliss-reactive ketones (excluding diaryl/α,β-unsaturated/α-hetero) is 1. The van der Waals surface area contributed by atoms with Crippen molar-refractivity contribution in [1.29, 1.82) is 0 Å². The van der Waals surface area contributed by atoms with Gasteiger partial charge in [-0.3, -0.25) is 9.59 Å². The van der Waals surface area contributed by atoms with Crippen LogP contribution in [0.2, 0.25) is 5.02 Å². The van der Waals surface area contributed by atoms with Crippen LogP contribution in [0.1, 0.15) is 17.3 Å². The van der Waals surface area contributed by atoms with E-state index in [-0.39, 0.29) is 17.4 Å². The minimum Gasteiger partial charge on any atom is -0.324 e. The predicted molar refractivity (Wildman–Crippen MR) is 87.3 cm³/mol. The van der Waals surface area contributed by atoms with Crippen LogP contribution in [0.15, 0.2) is 53.4 Å². The van der Waals surface area contributed by atoms with E-state index < -0.39 is 0 Å². The summed E-state index contributed by atoms with van der Waals surface area (Å²) in [6, 6.07) is 14.3. The number of amides is 1. The molecule has 0 saturated carbocycles. The van der Waals surface area contributed by atoms with Gasteiger partial charge >= 0.3 is 0 Å². The number of halogens is 1. The summed E-state index contributed by atoms with van der Waals surface area (Å²) in [5.74, 6) is 0.191. The summed E-state index contributed by atoms with van der Waals surface area (Å²) in [5.41, 5.74) is 1.27. The zero-order chi connectivity index (χ0) is 15.2. The Morgan fingerprint density at radius 2 is 1.76 bits per heavy atom. The molecule has 2 aromatic rings. The maximum atomic E-state index is 11.9. The van der Waals surface area contributed by atoms with Crippen molar-refractivity contribution in [1.82, 2.24) is 0 Å². The van der Waals surface area contributed by atoms with Crippen LogP contribution >= 0.6 is 23.4 Å². The topological polar surface area (TPSA) is 46.2 Å². The van der Waals surface area contributed by atoms with Crippen molar-refractivity contribution >= 4 is 40.7 Å². The quantitative estimate of drug-likeness (QED) is 0.661. The van der Waals surface area contributed by atoms with Crippen LogP contribution in [0, 0.1) is 0 Å². The molecule has 1 N–H and O–H groups in total. The minimum absolute atomic E-state index is 0.0306. The summed E-state index contributed by atoms with van der Waals surface area (Å²) in [7, 11) is 0. The second-order valence-electron chi connectivity index (χ2n) is 4.40. The smallest absolute Gasteiger partial charge is 0.234 e. The Balaban J connectivity index is 1.89. The van der Waals surface area contributed by atoms with Gasteiger partial charge in [-0.2, -0.15) is 0 Å². The molecule has 0 atom stereocenters. The van der Waals surface area contributed by atoms with Crippen molar-refractivity contribution in [3.63, 3.8) is 0 Å². The van der Waals surface area contributed by atoms with E-state index in [1.807, 2.05) is 24.3 Å². The van der Waals surface area contributed by atoms with Gasteiger partial charge in [-0.25, -0.2) is 0 Å². The first-order valence-electron chi connectivity index (χ1n) is 6.34. The lowest BCUT2D eigenvalue weighted by atomic mass is 10.2. The molecule has 0 fully saturated rings. The van der Waals surface area contributed by atoms with E-state index in [9.17, 15) is 9.59 Å². The van der Waals surface area contributed by atoms with Crippen LogP contribution in [-0.4, -0.2) is 17.4 Å². The van der Waals surface area contributed by atoms with Crippen molar-refractivity contribution in [3.8, 4) is 0 Å². The van der Waals surface area contributed by atoms with Crippen molar-refractivity contribution < 1.29 is 9.59 Å². The number of ketones is 1. The van der Waals surface area contributed by atoms with Gasteiger partial charge in [-0.15, -0.1) is 11.8 Å². The normalized spacial score (nSPS) is 10.2. The molecule has 0 aliphatic heterocycles. The van der Waals surface area contributed by atoms with Crippen LogP contribution in [-0.2, 0) is 4.79 Å². The van der Waals surface area contributed by atoms with Crippen molar-refractivity contribution in [2.24, 2.45) is 0 Å². The molecule has 0 spiro atoms. The molecule has 2 rings (SSSR count). The van der Waals surface area contributed by atoms with E-state index >= 15 is 0 Å². The Kier molecular flexibility index (Phi) is 5.42. The van der Waals surface area contributed by atoms with E-state index in [1.165, 1.54) is 18.7 Å². The standard InChI is InChI=1S/C16H14ClNO2S/c1-11(19)12-6-8-13(9-7-12)21-10-16(20)18-15-5-3-2-4-14(15)17/h2-9H,10H2,1H3,(H,18,20). The maximum absolute atomic E-state index is 11.9. The molecule has 0 radical (unpaired) electrons. The number of nitrogens with one attached hydrogen (secondary N) is 1. The lowest BCUT2D eigenvalue weighted by molar-refractivity contribution is -0.113. The molecule has 1 amide bonds. The molecular formula is C16H14ClNO2S. The van der Waals surface area contributed by atoms with Crippen LogP contribution in [0.3, 0.4) is 0 Å². The molecular weight excluding hydrogens is 306 g/mol. The number of rotatable bonds is 5. The first-order valence-corrected chi connectivity index (χ1v) is 7.71. The number of para-hydroxylation sites is 1. The van der Waals surface area contributed by atoms with Crippen molar-refractivity contribution in [3.05, 3.63) is 59.1 Å². The van der Waals surface area contributed by atoms with Crippen LogP contribution in [0.4, 0.5) is 5.69 Å². The molecule has 0 bridgehead atoms. The Morgan fingerprint density at radius 3 is 2.38 bits per heavy atom. The number of benzene rings is 2. The SMILES string of the molecule is CC(=O)c1ccc(SCC(=O)Nc2ccccc2Cl)cc1. The number of anilines is 1. The van der Waals surface area contributed by atoms with Gasteiger partial charge < -0.3 is 5.32 Å². The molecule has 0 aromatic heterocycles. The second kappa shape index (κ2) is 7.29. The molecule has 2 aromatic carbocycles. The molecule has 0 heterocycles. The van der Waals surface area contributed by atoms with Crippen molar-refractivity contribution in [2.75, 3.05) is 11.1 Å². The highest BCUT2D eigenvalue weighted by atomic mass is 35.5. The predicted octanol–water partition coefficient (Wildman–Crippen LogP) is 4.27. The number of carbonyl (C=O) groups excluding carboxylic acids is 2. The summed E-state index contributed by atoms with van der Waals surface area (Å²) in [5, 5.41) is 3.28. The molecule has 0 aliphatic rings. The van der Waals surface area contributed by atoms with E-state index in [0.29, 0.717) is 16.3 Å². The summed E-state index contributed by atoms with van der Waals surface area (Å²) in [6.07, 6.45) is 0. The fourth-order valence-corrected chi connectivity index (χ4v) is 2.57. The summed E-state index contributed by atoms with van der Waals surface area (Å²) in [6.45, 7) is 1.53. The van der Waals surface area contributed by atoms with Gasteiger partial charge in [0.2, 0.25) is 5.91 Å². The average molecular weight is 320 g/mol. The third-order valence-corrected chi connectivity index (χ3v) is 4.12. The van der Waals surface area contributed by atoms with Gasteiger partial charge in [-0.1, -0.05) is 35.9 Å². The number of hydrogen-bond donors (Lipinski definition) is 1. The maximum Gasteiger partial charge on any atom is 0.234 e. The Labute approximate surface area is 132 Å². The third kappa shape index (κ3) is 4.62. The van der Waals surface area contributed by atoms with E-state index in [0.717, 1.165) is 4.90 Å². The fourth-order valence-electron chi connectivity index (χ4n) is 1.68. The van der Waals surface area contributed by atoms with Gasteiger partial charge in [0.05, 0.1) is 16.5 Å². The molecule has 3 nitrogen and oxygen atoms in total. The first-order chi connectivity index (χ1) is 10.1. The fraction of sp³-hybridized carbons (Fsp3) is 0.125. The van der Waals surface area contributed by atoms with E-state index in [2.05, 4.69) is 5.32 Å². The first kappa shape index (κ1) is 15.6. The molecule has 21 heavy (non-hydrogen) atoms. The van der Waals surface area contributed by atoms with Crippen molar-refractivity contribution in [2.45, 2.75) is 11.8 Å². The van der Waals surface area contributed by atoms with Gasteiger partial charge in [0.15, 0.2) is 5.78 Å². The summed E-state index contributed by atoms with van der Waals surface area (Å²) < 4.78 is 0. The van der Waals surface area contributed by atoms with Crippen LogP contribution in [0.5, 0.6) is 0 Å². The summed E-state index contributed by atoms with van der Waals surface area (Å²) in [4.78, 5) is 24.0. The van der Waals surface area contributed by atoms with Gasteiger partial charge in [0.1, 0.15) is 0 Å². The number of hydrogen-bond acceptors (Lipinski definition) is 3. The number of thioether (sulfide) groups is 1. The number of carbonyl (C=O) groups is 2. The second-order valence-corrected chi connectivity index (χ2v) is 5.85. The zero-order valence-electron chi connectivity index (χ0n) is 11.4. The monoisotopic (exact) mass is 319 g/mol.